The minimum atomic E-state index is -4.84. The lowest BCUT2D eigenvalue weighted by molar-refractivity contribution is -0.140. The zero-order valence-corrected chi connectivity index (χ0v) is 19.9. The van der Waals surface area contributed by atoms with Crippen LogP contribution in [0.1, 0.15) is 60.1 Å². The molecule has 3 fully saturated rings. The number of aliphatic hydroxyl groups is 1. The molecule has 0 saturated heterocycles. The van der Waals surface area contributed by atoms with Crippen LogP contribution in [0.4, 0.5) is 23.4 Å². The van der Waals surface area contributed by atoms with Crippen molar-refractivity contribution in [1.29, 1.82) is 0 Å². The molecule has 2 heterocycles. The van der Waals surface area contributed by atoms with Crippen LogP contribution in [0.3, 0.4) is 0 Å². The maximum Gasteiger partial charge on any atom is 0.419 e. The first-order valence-corrected chi connectivity index (χ1v) is 12.0. The van der Waals surface area contributed by atoms with Gasteiger partial charge in [-0.3, -0.25) is 9.89 Å². The molecule has 0 radical (unpaired) electrons. The number of alkyl halides is 3. The van der Waals surface area contributed by atoms with Gasteiger partial charge in [-0.25, -0.2) is 14.4 Å². The number of nitrogens with zero attached hydrogens (tertiary/aromatic N) is 3. The van der Waals surface area contributed by atoms with Gasteiger partial charge in [0.05, 0.1) is 11.3 Å². The van der Waals surface area contributed by atoms with Gasteiger partial charge in [0.15, 0.2) is 11.5 Å². The monoisotopic (exact) mass is 518 g/mol. The Morgan fingerprint density at radius 3 is 2.49 bits per heavy atom. The van der Waals surface area contributed by atoms with E-state index in [9.17, 15) is 27.5 Å². The number of aliphatic hydroxyl groups excluding tert-OH is 1. The van der Waals surface area contributed by atoms with E-state index in [1.54, 1.807) is 0 Å². The first kappa shape index (κ1) is 25.0. The van der Waals surface area contributed by atoms with Crippen LogP contribution in [0.15, 0.2) is 36.9 Å². The molecule has 6 rings (SSSR count). The van der Waals surface area contributed by atoms with E-state index >= 15 is 0 Å². The molecule has 2 aromatic heterocycles. The van der Waals surface area contributed by atoms with E-state index in [4.69, 9.17) is 0 Å². The van der Waals surface area contributed by atoms with Gasteiger partial charge in [0.25, 0.3) is 5.91 Å². The predicted molar refractivity (Wildman–Crippen MR) is 127 cm³/mol. The van der Waals surface area contributed by atoms with Crippen LogP contribution in [0, 0.1) is 16.6 Å². The molecule has 0 atom stereocenters. The number of aromatic nitrogens is 4. The summed E-state index contributed by atoms with van der Waals surface area (Å²) in [6.07, 6.45) is 1.97. The van der Waals surface area contributed by atoms with Gasteiger partial charge >= 0.3 is 6.18 Å². The fourth-order valence-corrected chi connectivity index (χ4v) is 5.53. The largest absolute Gasteiger partial charge is 0.512 e. The molecule has 12 heteroatoms. The number of aromatic amines is 1. The van der Waals surface area contributed by atoms with E-state index in [0.717, 1.165) is 44.6 Å². The number of H-pyrrole nitrogens is 1. The highest BCUT2D eigenvalue weighted by molar-refractivity contribution is 6.04. The molecule has 3 aliphatic rings. The summed E-state index contributed by atoms with van der Waals surface area (Å²) in [6, 6.07) is 2.56. The molecule has 37 heavy (non-hydrogen) atoms. The highest BCUT2D eigenvalue weighted by Gasteiger charge is 2.50. The van der Waals surface area contributed by atoms with Gasteiger partial charge in [0.1, 0.15) is 23.2 Å². The van der Waals surface area contributed by atoms with E-state index in [-0.39, 0.29) is 39.9 Å². The number of hydrogen-bond acceptors (Lipinski definition) is 6. The first-order chi connectivity index (χ1) is 17.5. The zero-order valence-electron chi connectivity index (χ0n) is 19.9. The van der Waals surface area contributed by atoms with E-state index in [1.165, 1.54) is 12.4 Å². The average molecular weight is 519 g/mol. The van der Waals surface area contributed by atoms with Gasteiger partial charge in [-0.05, 0) is 61.6 Å². The maximum absolute atomic E-state index is 13.5. The lowest BCUT2D eigenvalue weighted by Gasteiger charge is -2.53. The first-order valence-electron chi connectivity index (χ1n) is 12.0. The maximum atomic E-state index is 13.5. The third-order valence-electron chi connectivity index (χ3n) is 8.00. The van der Waals surface area contributed by atoms with Crippen molar-refractivity contribution in [2.24, 2.45) is 10.8 Å². The number of carbonyl (C=O) groups excluding carboxylic acids is 1. The van der Waals surface area contributed by atoms with Crippen molar-refractivity contribution in [3.05, 3.63) is 59.5 Å². The number of fused-ring (bicyclic) bond motifs is 4. The summed E-state index contributed by atoms with van der Waals surface area (Å²) in [7, 11) is 0. The predicted octanol–water partition coefficient (Wildman–Crippen LogP) is 5.27. The molecule has 4 N–H and O–H groups in total. The Morgan fingerprint density at radius 2 is 1.84 bits per heavy atom. The Balaban J connectivity index is 1.27. The van der Waals surface area contributed by atoms with Gasteiger partial charge in [-0.15, -0.1) is 0 Å². The number of nitrogens with one attached hydrogen (secondary N) is 3. The van der Waals surface area contributed by atoms with Crippen molar-refractivity contribution >= 4 is 22.8 Å². The molecule has 1 amide bonds. The van der Waals surface area contributed by atoms with Crippen LogP contribution in [0.5, 0.6) is 0 Å². The number of anilines is 1. The van der Waals surface area contributed by atoms with Gasteiger partial charge < -0.3 is 15.7 Å². The molecule has 0 spiro atoms. The Morgan fingerprint density at radius 1 is 1.14 bits per heavy atom. The summed E-state index contributed by atoms with van der Waals surface area (Å²) in [5, 5.41) is 23.0. The number of allylic oxidation sites excluding steroid dienone is 1. The molecule has 196 valence electrons. The smallest absolute Gasteiger partial charge is 0.419 e. The lowest BCUT2D eigenvalue weighted by Crippen LogP contribution is -2.45. The zero-order chi connectivity index (χ0) is 26.4. The fraction of sp³-hybridized carbons (Fsp3) is 0.440. The number of amides is 1. The van der Waals surface area contributed by atoms with Crippen molar-refractivity contribution in [1.82, 2.24) is 25.5 Å². The number of benzene rings is 1. The van der Waals surface area contributed by atoms with Gasteiger partial charge in [0.2, 0.25) is 0 Å². The normalized spacial score (nSPS) is 23.2. The summed E-state index contributed by atoms with van der Waals surface area (Å²) in [6.45, 7) is 4.19. The molecule has 0 unspecified atom stereocenters. The third-order valence-corrected chi connectivity index (χ3v) is 8.00. The highest BCUT2D eigenvalue weighted by Crippen LogP contribution is 2.59. The molecular weight excluding hydrogens is 492 g/mol. The Hall–Kier alpha value is -3.70. The Kier molecular flexibility index (Phi) is 6.07. The van der Waals surface area contributed by atoms with Crippen LogP contribution >= 0.6 is 0 Å². The second-order valence-electron chi connectivity index (χ2n) is 10.1. The average Bonchev–Trinajstić information content (AvgIpc) is 3.30. The summed E-state index contributed by atoms with van der Waals surface area (Å²) >= 11 is 0. The van der Waals surface area contributed by atoms with Crippen LogP contribution in [-0.2, 0) is 12.7 Å². The highest BCUT2D eigenvalue weighted by atomic mass is 19.4. The lowest BCUT2D eigenvalue weighted by atomic mass is 9.53. The van der Waals surface area contributed by atoms with Crippen LogP contribution in [-0.4, -0.2) is 37.7 Å². The van der Waals surface area contributed by atoms with E-state index in [0.29, 0.717) is 23.9 Å². The van der Waals surface area contributed by atoms with Crippen molar-refractivity contribution in [3.63, 3.8) is 0 Å². The quantitative estimate of drug-likeness (QED) is 0.250. The van der Waals surface area contributed by atoms with Gasteiger partial charge in [-0.1, -0.05) is 12.6 Å². The Bertz CT molecular complexity index is 1340. The van der Waals surface area contributed by atoms with Crippen LogP contribution in [0.25, 0.3) is 11.0 Å². The standard InChI is InChI=1S/C25H26F4N6O2/c1-14(36)24-7-4-23(5-8-24,6-9-24)12-31-21-19-18(34-35-21)20(33-13-32-19)22(37)30-11-15-2-3-17(26)16(10-15)25(27,28)29/h2-3,10,13,36H,1,4-9,11-12H2,(H,30,37)(H2,31,34,35). The van der Waals surface area contributed by atoms with Crippen molar-refractivity contribution in [2.75, 3.05) is 11.9 Å². The van der Waals surface area contributed by atoms with E-state index < -0.39 is 23.5 Å². The molecule has 1 aromatic carbocycles. The SMILES string of the molecule is C=C(O)C12CCC(CNc3n[nH]c4c(C(=O)NCc5ccc(F)c(C(F)(F)F)c5)ncnc34)(CC1)CC2. The summed E-state index contributed by atoms with van der Waals surface area (Å²) in [5.41, 5.74) is -0.676. The molecular formula is C25H26F4N6O2. The van der Waals surface area contributed by atoms with Crippen LogP contribution < -0.4 is 10.6 Å². The summed E-state index contributed by atoms with van der Waals surface area (Å²) < 4.78 is 52.5. The van der Waals surface area contributed by atoms with E-state index in [1.807, 2.05) is 0 Å². The number of hydrogen-bond donors (Lipinski definition) is 4. The molecule has 2 bridgehead atoms. The van der Waals surface area contributed by atoms with E-state index in [2.05, 4.69) is 37.4 Å². The summed E-state index contributed by atoms with van der Waals surface area (Å²) in [5.74, 6) is -1.26. The molecule has 0 aliphatic heterocycles. The number of carbonyl (C=O) groups is 1. The fourth-order valence-electron chi connectivity index (χ4n) is 5.53. The third kappa shape index (κ3) is 4.60. The second-order valence-corrected chi connectivity index (χ2v) is 10.1. The molecule has 8 nitrogen and oxygen atoms in total. The number of halogens is 4. The van der Waals surface area contributed by atoms with Crippen molar-refractivity contribution in [3.8, 4) is 0 Å². The van der Waals surface area contributed by atoms with Gasteiger partial charge in [0, 0.05) is 18.5 Å². The second kappa shape index (κ2) is 9.00. The molecule has 3 aliphatic carbocycles. The van der Waals surface area contributed by atoms with Crippen LogP contribution in [0.2, 0.25) is 0 Å². The Labute approximate surface area is 209 Å². The summed E-state index contributed by atoms with van der Waals surface area (Å²) in [4.78, 5) is 21.1. The molecule has 3 aromatic rings. The minimum Gasteiger partial charge on any atom is -0.512 e. The minimum absolute atomic E-state index is 0.0107. The van der Waals surface area contributed by atoms with Crippen molar-refractivity contribution < 1.29 is 27.5 Å². The van der Waals surface area contributed by atoms with Gasteiger partial charge in [-0.2, -0.15) is 18.3 Å². The molecule has 3 saturated carbocycles. The number of rotatable bonds is 7. The topological polar surface area (TPSA) is 116 Å². The van der Waals surface area contributed by atoms with Crippen molar-refractivity contribution in [2.45, 2.75) is 51.2 Å².